The largest absolute Gasteiger partial charge is 0.480 e. The fourth-order valence-corrected chi connectivity index (χ4v) is 5.07. The molecule has 1 aromatic rings. The van der Waals surface area contributed by atoms with Gasteiger partial charge in [0.1, 0.15) is 17.9 Å². The summed E-state index contributed by atoms with van der Waals surface area (Å²) in [5.74, 6) is -0.549. The first-order valence-corrected chi connectivity index (χ1v) is 10.0. The molecule has 0 unspecified atom stereocenters. The lowest BCUT2D eigenvalue weighted by Gasteiger charge is -2.55. The maximum absolute atomic E-state index is 11.9. The molecule has 2 saturated heterocycles. The minimum atomic E-state index is -1.18. The van der Waals surface area contributed by atoms with Crippen molar-refractivity contribution >= 4 is 29.5 Å². The Balaban J connectivity index is 1.57. The van der Waals surface area contributed by atoms with E-state index in [1.165, 1.54) is 0 Å². The highest BCUT2D eigenvalue weighted by molar-refractivity contribution is 7.79. The van der Waals surface area contributed by atoms with E-state index in [2.05, 4.69) is 0 Å². The van der Waals surface area contributed by atoms with Crippen molar-refractivity contribution in [2.75, 3.05) is 0 Å². The second-order valence-electron chi connectivity index (χ2n) is 7.87. The van der Waals surface area contributed by atoms with Crippen molar-refractivity contribution in [1.82, 2.24) is 4.90 Å². The monoisotopic (exact) mass is 405 g/mol. The third-order valence-electron chi connectivity index (χ3n) is 6.15. The molecule has 2 aliphatic carbocycles. The van der Waals surface area contributed by atoms with Crippen LogP contribution in [0.25, 0.3) is 0 Å². The number of hydrogen-bond donors (Lipinski definition) is 2. The third kappa shape index (κ3) is 3.65. The third-order valence-corrected chi connectivity index (χ3v) is 6.33. The van der Waals surface area contributed by atoms with Crippen LogP contribution >= 0.6 is 12.2 Å². The average molecular weight is 405 g/mol. The molecule has 4 aliphatic rings. The van der Waals surface area contributed by atoms with Gasteiger partial charge >= 0.3 is 17.3 Å². The molecule has 5 rings (SSSR count). The molecule has 5 atom stereocenters. The summed E-state index contributed by atoms with van der Waals surface area (Å²) in [5.41, 5.74) is 0. The smallest absolute Gasteiger partial charge is 0.408 e. The molecular formula is C20H23NO6S. The first-order chi connectivity index (χ1) is 13.5. The molecule has 2 aliphatic heterocycles. The molecule has 0 spiro atoms. The standard InChI is InChI=1S/C20H23NO6S/c22-18(23)16-13-8-9-15(21(16)19(24)25)14(10-11-6-7-11)17(13)27-20(28)26-12-4-2-1-3-5-12/h1-5,11,13-17H,6-10H2,(H,22,23)(H,24,25)/t13-,14+,15-,16-,17-/m0/s1. The first kappa shape index (κ1) is 19.0. The van der Waals surface area contributed by atoms with Crippen LogP contribution < -0.4 is 4.74 Å². The SMILES string of the molecule is O=C(O)[C@@H]1[C@@H]2CC[C@@H]([C@@H](CC3CC3)[C@H]2OC(=S)Oc2ccccc2)N1C(=O)O. The summed E-state index contributed by atoms with van der Waals surface area (Å²) in [5, 5.41) is 19.4. The minimum absolute atomic E-state index is 0.0458. The van der Waals surface area contributed by atoms with Crippen molar-refractivity contribution < 1.29 is 29.3 Å². The number of carboxylic acid groups (broad SMARTS) is 2. The maximum atomic E-state index is 11.9. The number of fused-ring (bicyclic) bond motifs is 3. The zero-order chi connectivity index (χ0) is 19.8. The average Bonchev–Trinajstić information content (AvgIpc) is 3.48. The molecule has 4 fully saturated rings. The zero-order valence-corrected chi connectivity index (χ0v) is 16.1. The van der Waals surface area contributed by atoms with Gasteiger partial charge in [-0.2, -0.15) is 0 Å². The van der Waals surface area contributed by atoms with Crippen molar-refractivity contribution in [2.24, 2.45) is 17.8 Å². The lowest BCUT2D eigenvalue weighted by Crippen LogP contribution is -2.69. The van der Waals surface area contributed by atoms with E-state index in [-0.39, 0.29) is 17.2 Å². The summed E-state index contributed by atoms with van der Waals surface area (Å²) in [6, 6.07) is 7.54. The summed E-state index contributed by atoms with van der Waals surface area (Å²) in [4.78, 5) is 24.9. The van der Waals surface area contributed by atoms with E-state index in [1.54, 1.807) is 12.1 Å². The molecule has 0 aromatic heterocycles. The van der Waals surface area contributed by atoms with Crippen LogP contribution in [0.15, 0.2) is 30.3 Å². The summed E-state index contributed by atoms with van der Waals surface area (Å²) in [6.07, 6.45) is 2.71. The van der Waals surface area contributed by atoms with Gasteiger partial charge in [0, 0.05) is 30.1 Å². The number of thiocarbonyl (C=S) groups is 1. The molecule has 2 heterocycles. The minimum Gasteiger partial charge on any atom is -0.480 e. The van der Waals surface area contributed by atoms with Crippen molar-refractivity contribution in [3.63, 3.8) is 0 Å². The molecule has 1 amide bonds. The number of benzene rings is 1. The van der Waals surface area contributed by atoms with E-state index in [1.807, 2.05) is 18.2 Å². The number of hydrogen-bond acceptors (Lipinski definition) is 5. The van der Waals surface area contributed by atoms with E-state index in [9.17, 15) is 19.8 Å². The quantitative estimate of drug-likeness (QED) is 0.725. The number of carboxylic acids is 1. The number of aliphatic carboxylic acids is 1. The zero-order valence-electron chi connectivity index (χ0n) is 15.3. The molecule has 150 valence electrons. The van der Waals surface area contributed by atoms with Crippen molar-refractivity contribution in [2.45, 2.75) is 50.3 Å². The number of ether oxygens (including phenoxy) is 2. The molecule has 2 bridgehead atoms. The topological polar surface area (TPSA) is 96.3 Å². The van der Waals surface area contributed by atoms with E-state index < -0.39 is 30.1 Å². The van der Waals surface area contributed by atoms with Crippen molar-refractivity contribution in [3.8, 4) is 5.75 Å². The summed E-state index contributed by atoms with van der Waals surface area (Å²) < 4.78 is 11.6. The lowest BCUT2D eigenvalue weighted by molar-refractivity contribution is -0.166. The Labute approximate surface area is 168 Å². The Morgan fingerprint density at radius 1 is 1.11 bits per heavy atom. The highest BCUT2D eigenvalue weighted by Gasteiger charge is 2.59. The predicted molar refractivity (Wildman–Crippen MR) is 103 cm³/mol. The molecule has 2 saturated carbocycles. The molecule has 1 aromatic carbocycles. The van der Waals surface area contributed by atoms with Gasteiger partial charge in [0.25, 0.3) is 0 Å². The second-order valence-corrected chi connectivity index (χ2v) is 8.21. The van der Waals surface area contributed by atoms with Gasteiger partial charge < -0.3 is 19.7 Å². The van der Waals surface area contributed by atoms with Gasteiger partial charge in [0.05, 0.1) is 0 Å². The maximum Gasteiger partial charge on any atom is 0.408 e. The van der Waals surface area contributed by atoms with E-state index in [0.717, 1.165) is 24.2 Å². The highest BCUT2D eigenvalue weighted by atomic mass is 32.1. The molecule has 7 nitrogen and oxygen atoms in total. The molecular weight excluding hydrogens is 382 g/mol. The Morgan fingerprint density at radius 3 is 2.43 bits per heavy atom. The number of piperidine rings is 2. The van der Waals surface area contributed by atoms with Crippen LogP contribution in [0.1, 0.15) is 32.1 Å². The van der Waals surface area contributed by atoms with Gasteiger partial charge in [0.15, 0.2) is 0 Å². The highest BCUT2D eigenvalue weighted by Crippen LogP contribution is 2.50. The molecule has 0 radical (unpaired) electrons. The van der Waals surface area contributed by atoms with Crippen LogP contribution in [0, 0.1) is 17.8 Å². The number of rotatable bonds is 5. The summed E-state index contributed by atoms with van der Waals surface area (Å²) >= 11 is 5.28. The van der Waals surface area contributed by atoms with Gasteiger partial charge in [-0.25, -0.2) is 9.59 Å². The van der Waals surface area contributed by atoms with Crippen LogP contribution in [0.5, 0.6) is 5.75 Å². The van der Waals surface area contributed by atoms with Gasteiger partial charge in [-0.3, -0.25) is 4.90 Å². The van der Waals surface area contributed by atoms with E-state index >= 15 is 0 Å². The first-order valence-electron chi connectivity index (χ1n) is 9.63. The van der Waals surface area contributed by atoms with E-state index in [4.69, 9.17) is 21.7 Å². The van der Waals surface area contributed by atoms with Gasteiger partial charge in [0.2, 0.25) is 0 Å². The fourth-order valence-electron chi connectivity index (χ4n) is 4.86. The summed E-state index contributed by atoms with van der Waals surface area (Å²) in [6.45, 7) is 0. The van der Waals surface area contributed by atoms with Gasteiger partial charge in [-0.15, -0.1) is 0 Å². The van der Waals surface area contributed by atoms with Crippen molar-refractivity contribution in [1.29, 1.82) is 0 Å². The van der Waals surface area contributed by atoms with Crippen LogP contribution in [0.2, 0.25) is 0 Å². The van der Waals surface area contributed by atoms with Crippen LogP contribution in [0.3, 0.4) is 0 Å². The number of nitrogens with zero attached hydrogens (tertiary/aromatic N) is 1. The van der Waals surface area contributed by atoms with Crippen LogP contribution in [-0.4, -0.2) is 50.6 Å². The molecule has 8 heteroatoms. The summed E-state index contributed by atoms with van der Waals surface area (Å²) in [7, 11) is 0. The number of amides is 1. The van der Waals surface area contributed by atoms with Gasteiger partial charge in [-0.1, -0.05) is 31.0 Å². The van der Waals surface area contributed by atoms with Crippen LogP contribution in [-0.2, 0) is 9.53 Å². The Kier molecular flexibility index (Phi) is 5.14. The predicted octanol–water partition coefficient (Wildman–Crippen LogP) is 3.38. The molecule has 2 N–H and O–H groups in total. The second kappa shape index (κ2) is 7.58. The van der Waals surface area contributed by atoms with E-state index in [0.29, 0.717) is 24.5 Å². The number of para-hydroxylation sites is 1. The molecule has 28 heavy (non-hydrogen) atoms. The Bertz CT molecular complexity index is 767. The normalized spacial score (nSPS) is 31.3. The number of carbonyl (C=O) groups is 2. The van der Waals surface area contributed by atoms with Crippen LogP contribution in [0.4, 0.5) is 4.79 Å². The Morgan fingerprint density at radius 2 is 1.82 bits per heavy atom. The lowest BCUT2D eigenvalue weighted by atomic mass is 9.65. The van der Waals surface area contributed by atoms with Crippen molar-refractivity contribution in [3.05, 3.63) is 30.3 Å². The fraction of sp³-hybridized carbons (Fsp3) is 0.550. The Hall–Kier alpha value is -2.35. The van der Waals surface area contributed by atoms with Gasteiger partial charge in [-0.05, 0) is 37.3 Å².